The molecular weight excluding hydrogens is 321 g/mol. The van der Waals surface area contributed by atoms with Crippen molar-refractivity contribution in [2.24, 2.45) is 11.5 Å². The quantitative estimate of drug-likeness (QED) is 0.286. The Hall–Kier alpha value is -3.03. The third-order valence-corrected chi connectivity index (χ3v) is 2.28. The van der Waals surface area contributed by atoms with Crippen molar-refractivity contribution in [1.29, 1.82) is 5.26 Å². The summed E-state index contributed by atoms with van der Waals surface area (Å²) in [5.74, 6) is -5.07. The summed E-state index contributed by atoms with van der Waals surface area (Å²) in [5, 5.41) is 8.89. The Morgan fingerprint density at radius 2 is 1.74 bits per heavy atom. The smallest absolute Gasteiger partial charge is 0.440 e. The van der Waals surface area contributed by atoms with Gasteiger partial charge in [-0.25, -0.2) is 4.79 Å². The Bertz CT molecular complexity index is 602. The van der Waals surface area contributed by atoms with Gasteiger partial charge in [-0.3, -0.25) is 9.59 Å². The van der Waals surface area contributed by atoms with Gasteiger partial charge in [-0.1, -0.05) is 0 Å². The van der Waals surface area contributed by atoms with Crippen molar-refractivity contribution < 1.29 is 32.3 Å². The largest absolute Gasteiger partial charge is 0.490 e. The number of alkyl halides is 3. The fraction of sp³-hybridized carbons (Fsp3) is 0.333. The van der Waals surface area contributed by atoms with Gasteiger partial charge in [0.2, 0.25) is 6.10 Å². The molecule has 2 amide bonds. The Kier molecular flexibility index (Phi) is 6.80. The molecule has 23 heavy (non-hydrogen) atoms. The fourth-order valence-electron chi connectivity index (χ4n) is 1.25. The van der Waals surface area contributed by atoms with Crippen molar-refractivity contribution >= 4 is 17.8 Å². The summed E-state index contributed by atoms with van der Waals surface area (Å²) in [5.41, 5.74) is 9.05. The zero-order valence-corrected chi connectivity index (χ0v) is 12.0. The molecule has 0 aliphatic heterocycles. The van der Waals surface area contributed by atoms with Gasteiger partial charge in [0, 0.05) is 14.1 Å². The molecule has 0 aliphatic rings. The van der Waals surface area contributed by atoms with Crippen molar-refractivity contribution in [3.05, 3.63) is 23.4 Å². The lowest BCUT2D eigenvalue weighted by atomic mass is 10.1. The van der Waals surface area contributed by atoms with Gasteiger partial charge in [0.1, 0.15) is 5.70 Å². The van der Waals surface area contributed by atoms with Crippen LogP contribution in [0.4, 0.5) is 13.2 Å². The lowest BCUT2D eigenvalue weighted by Gasteiger charge is -2.15. The summed E-state index contributed by atoms with van der Waals surface area (Å²) in [6, 6.07) is 1.37. The number of esters is 1. The highest BCUT2D eigenvalue weighted by atomic mass is 19.4. The van der Waals surface area contributed by atoms with Crippen LogP contribution in [0.5, 0.6) is 0 Å². The van der Waals surface area contributed by atoms with Gasteiger partial charge in [-0.05, 0) is 12.2 Å². The molecular formula is C12H13F3N4O4. The van der Waals surface area contributed by atoms with Crippen LogP contribution >= 0.6 is 0 Å². The molecule has 0 aliphatic carbocycles. The van der Waals surface area contributed by atoms with Crippen LogP contribution in [0.1, 0.15) is 0 Å². The van der Waals surface area contributed by atoms with E-state index in [9.17, 15) is 27.6 Å². The van der Waals surface area contributed by atoms with Crippen LogP contribution in [-0.2, 0) is 19.1 Å². The van der Waals surface area contributed by atoms with Crippen molar-refractivity contribution in [2.45, 2.75) is 12.3 Å². The molecule has 0 rings (SSSR count). The molecule has 1 unspecified atom stereocenters. The Morgan fingerprint density at radius 3 is 2.04 bits per heavy atom. The summed E-state index contributed by atoms with van der Waals surface area (Å²) in [6.45, 7) is 0. The molecule has 0 aromatic rings. The molecule has 0 bridgehead atoms. The second-order valence-electron chi connectivity index (χ2n) is 4.23. The summed E-state index contributed by atoms with van der Waals surface area (Å²) in [7, 11) is 2.87. The number of hydrogen-bond acceptors (Lipinski definition) is 6. The number of rotatable bonds is 6. The second kappa shape index (κ2) is 7.83. The van der Waals surface area contributed by atoms with Crippen LogP contribution in [-0.4, -0.2) is 49.1 Å². The molecule has 0 saturated heterocycles. The SMILES string of the molecule is CN(C)C(=CC=C(C#N)C(OC(=O)C(F)(F)F)C(N)=O)C(N)=O. The first-order chi connectivity index (χ1) is 10.4. The van der Waals surface area contributed by atoms with Gasteiger partial charge < -0.3 is 21.1 Å². The molecule has 11 heteroatoms. The van der Waals surface area contributed by atoms with Crippen LogP contribution in [0, 0.1) is 11.3 Å². The highest BCUT2D eigenvalue weighted by molar-refractivity contribution is 5.92. The summed E-state index contributed by atoms with van der Waals surface area (Å²) in [4.78, 5) is 34.3. The molecule has 1 atom stereocenters. The second-order valence-corrected chi connectivity index (χ2v) is 4.23. The zero-order valence-electron chi connectivity index (χ0n) is 12.0. The van der Waals surface area contributed by atoms with Gasteiger partial charge in [0.25, 0.3) is 11.8 Å². The number of allylic oxidation sites excluding steroid dienone is 2. The Labute approximate surface area is 128 Å². The number of likely N-dealkylation sites (N-methyl/N-ethyl adjacent to an activating group) is 1. The van der Waals surface area contributed by atoms with Crippen LogP contribution in [0.25, 0.3) is 0 Å². The summed E-state index contributed by atoms with van der Waals surface area (Å²) >= 11 is 0. The minimum atomic E-state index is -5.37. The van der Waals surface area contributed by atoms with Crippen LogP contribution in [0.3, 0.4) is 0 Å². The van der Waals surface area contributed by atoms with Gasteiger partial charge in [-0.15, -0.1) is 0 Å². The van der Waals surface area contributed by atoms with E-state index in [0.29, 0.717) is 0 Å². The topological polar surface area (TPSA) is 140 Å². The van der Waals surface area contributed by atoms with Crippen LogP contribution in [0.2, 0.25) is 0 Å². The maximum absolute atomic E-state index is 12.2. The van der Waals surface area contributed by atoms with Crippen LogP contribution < -0.4 is 11.5 Å². The maximum atomic E-state index is 12.2. The number of ether oxygens (including phenoxy) is 1. The third-order valence-electron chi connectivity index (χ3n) is 2.28. The van der Waals surface area contributed by atoms with Gasteiger partial charge in [0.05, 0.1) is 11.6 Å². The molecule has 0 saturated carbocycles. The van der Waals surface area contributed by atoms with Crippen LogP contribution in [0.15, 0.2) is 23.4 Å². The van der Waals surface area contributed by atoms with E-state index in [0.717, 1.165) is 12.2 Å². The zero-order chi connectivity index (χ0) is 18.4. The monoisotopic (exact) mass is 334 g/mol. The van der Waals surface area contributed by atoms with E-state index in [1.54, 1.807) is 0 Å². The van der Waals surface area contributed by atoms with Gasteiger partial charge >= 0.3 is 12.1 Å². The maximum Gasteiger partial charge on any atom is 0.490 e. The molecule has 0 heterocycles. The van der Waals surface area contributed by atoms with E-state index < -0.39 is 35.6 Å². The number of nitrogens with two attached hydrogens (primary N) is 2. The lowest BCUT2D eigenvalue weighted by molar-refractivity contribution is -0.203. The number of primary amides is 2. The summed E-state index contributed by atoms with van der Waals surface area (Å²) < 4.78 is 40.4. The van der Waals surface area contributed by atoms with Crippen molar-refractivity contribution in [2.75, 3.05) is 14.1 Å². The van der Waals surface area contributed by atoms with Crippen molar-refractivity contribution in [3.8, 4) is 6.07 Å². The normalized spacial score (nSPS) is 13.7. The minimum Gasteiger partial charge on any atom is -0.440 e. The fourth-order valence-corrected chi connectivity index (χ4v) is 1.25. The van der Waals surface area contributed by atoms with E-state index >= 15 is 0 Å². The van der Waals surface area contributed by atoms with Crippen molar-refractivity contribution in [3.63, 3.8) is 0 Å². The standard InChI is InChI=1S/C12H13F3N4O4/c1-19(2)7(9(17)20)4-3-6(5-16)8(10(18)21)23-11(22)12(13,14)15/h3-4,8H,1-2H3,(H2,17,20)(H2,18,21). The molecule has 0 radical (unpaired) electrons. The number of amides is 2. The first-order valence-corrected chi connectivity index (χ1v) is 5.78. The molecule has 0 fully saturated rings. The first kappa shape index (κ1) is 20.0. The highest BCUT2D eigenvalue weighted by Crippen LogP contribution is 2.19. The predicted octanol–water partition coefficient (Wildman–Crippen LogP) is -0.673. The lowest BCUT2D eigenvalue weighted by Crippen LogP contribution is -2.38. The number of nitrogens with zero attached hydrogens (tertiary/aromatic N) is 2. The minimum absolute atomic E-state index is 0.122. The molecule has 126 valence electrons. The molecule has 4 N–H and O–H groups in total. The van der Waals surface area contributed by atoms with E-state index in [4.69, 9.17) is 16.7 Å². The van der Waals surface area contributed by atoms with E-state index in [-0.39, 0.29) is 5.70 Å². The predicted molar refractivity (Wildman–Crippen MR) is 69.8 cm³/mol. The third kappa shape index (κ3) is 6.08. The number of carbonyl (C=O) groups excluding carboxylic acids is 3. The average molecular weight is 334 g/mol. The van der Waals surface area contributed by atoms with Gasteiger partial charge in [-0.2, -0.15) is 18.4 Å². The van der Waals surface area contributed by atoms with E-state index in [1.165, 1.54) is 25.1 Å². The number of carbonyl (C=O) groups is 3. The van der Waals surface area contributed by atoms with Crippen molar-refractivity contribution in [1.82, 2.24) is 4.90 Å². The highest BCUT2D eigenvalue weighted by Gasteiger charge is 2.43. The van der Waals surface area contributed by atoms with E-state index in [2.05, 4.69) is 4.74 Å². The molecule has 0 spiro atoms. The Balaban J connectivity index is 5.68. The van der Waals surface area contributed by atoms with E-state index in [1.807, 2.05) is 0 Å². The summed E-state index contributed by atoms with van der Waals surface area (Å²) in [6.07, 6.45) is -5.86. The first-order valence-electron chi connectivity index (χ1n) is 5.78. The number of halogens is 3. The molecule has 0 aromatic heterocycles. The number of nitriles is 1. The van der Waals surface area contributed by atoms with Gasteiger partial charge in [0.15, 0.2) is 0 Å². The number of hydrogen-bond donors (Lipinski definition) is 2. The Morgan fingerprint density at radius 1 is 1.22 bits per heavy atom. The molecule has 0 aromatic carbocycles. The molecule has 8 nitrogen and oxygen atoms in total. The average Bonchev–Trinajstić information content (AvgIpc) is 2.39.